The van der Waals surface area contributed by atoms with Crippen molar-refractivity contribution in [2.45, 2.75) is 44.1 Å². The first-order valence-corrected chi connectivity index (χ1v) is 8.39. The van der Waals surface area contributed by atoms with Crippen LogP contribution in [0.25, 0.3) is 0 Å². The highest BCUT2D eigenvalue weighted by molar-refractivity contribution is 8.02. The molecule has 1 unspecified atom stereocenters. The van der Waals surface area contributed by atoms with Crippen molar-refractivity contribution in [3.05, 3.63) is 23.6 Å². The van der Waals surface area contributed by atoms with Gasteiger partial charge in [0.15, 0.2) is 0 Å². The molecule has 0 bridgehead atoms. The van der Waals surface area contributed by atoms with Crippen molar-refractivity contribution in [2.24, 2.45) is 0 Å². The average molecular weight is 327 g/mol. The Morgan fingerprint density at radius 2 is 2.23 bits per heavy atom. The highest BCUT2D eigenvalue weighted by Gasteiger charge is 2.35. The first-order chi connectivity index (χ1) is 10.5. The number of carboxylic acid groups (broad SMARTS) is 1. The van der Waals surface area contributed by atoms with Gasteiger partial charge in [0.05, 0.1) is 12.4 Å². The summed E-state index contributed by atoms with van der Waals surface area (Å²) < 4.78 is 5.37. The summed E-state index contributed by atoms with van der Waals surface area (Å²) in [6.45, 7) is 3.60. The minimum absolute atomic E-state index is 0.0117. The third-order valence-corrected chi connectivity index (χ3v) is 4.21. The number of carbonyl (C=O) groups is 2. The second-order valence-electron chi connectivity index (χ2n) is 5.08. The Hall–Kier alpha value is -1.25. The fourth-order valence-electron chi connectivity index (χ4n) is 2.26. The maximum absolute atomic E-state index is 12.0. The number of thioether (sulfide) groups is 1. The normalized spacial score (nSPS) is 22.3. The van der Waals surface area contributed by atoms with Crippen LogP contribution in [0.15, 0.2) is 23.6 Å². The van der Waals surface area contributed by atoms with Gasteiger partial charge in [-0.2, -0.15) is 0 Å². The molecule has 22 heavy (non-hydrogen) atoms. The molecule has 0 aromatic carbocycles. The predicted octanol–water partition coefficient (Wildman–Crippen LogP) is 1.36. The smallest absolute Gasteiger partial charge is 0.478 e. The molecule has 0 aromatic rings. The lowest BCUT2D eigenvalue weighted by atomic mass is 9.72. The Kier molecular flexibility index (Phi) is 8.30. The Bertz CT molecular complexity index is 443. The number of carboxylic acids is 1. The fraction of sp³-hybridized carbons (Fsp3) is 0.571. The maximum Gasteiger partial charge on any atom is 0.478 e. The van der Waals surface area contributed by atoms with Crippen molar-refractivity contribution in [3.8, 4) is 0 Å². The van der Waals surface area contributed by atoms with Gasteiger partial charge in [0.25, 0.3) is 0 Å². The number of aliphatic carboxylic acids is 1. The van der Waals surface area contributed by atoms with Crippen molar-refractivity contribution in [3.63, 3.8) is 0 Å². The molecule has 0 aliphatic carbocycles. The van der Waals surface area contributed by atoms with Crippen LogP contribution in [0.2, 0.25) is 0 Å². The molecule has 1 aliphatic heterocycles. The van der Waals surface area contributed by atoms with E-state index in [2.05, 4.69) is 11.9 Å². The van der Waals surface area contributed by atoms with Gasteiger partial charge in [-0.25, -0.2) is 0 Å². The maximum atomic E-state index is 12.0. The van der Waals surface area contributed by atoms with Crippen LogP contribution in [0.5, 0.6) is 0 Å². The van der Waals surface area contributed by atoms with E-state index in [4.69, 9.17) is 9.76 Å². The highest BCUT2D eigenvalue weighted by Crippen LogP contribution is 2.21. The van der Waals surface area contributed by atoms with E-state index in [-0.39, 0.29) is 24.9 Å². The third-order valence-electron chi connectivity index (χ3n) is 3.40. The van der Waals surface area contributed by atoms with Crippen molar-refractivity contribution in [1.29, 1.82) is 0 Å². The molecule has 0 spiro atoms. The van der Waals surface area contributed by atoms with Gasteiger partial charge in [0.2, 0.25) is 5.91 Å². The van der Waals surface area contributed by atoms with Crippen LogP contribution in [0.3, 0.4) is 0 Å². The lowest BCUT2D eigenvalue weighted by molar-refractivity contribution is -0.137. The van der Waals surface area contributed by atoms with Gasteiger partial charge in [-0.1, -0.05) is 18.7 Å². The Morgan fingerprint density at radius 3 is 2.77 bits per heavy atom. The molecular weight excluding hydrogens is 305 g/mol. The van der Waals surface area contributed by atoms with Crippen molar-refractivity contribution < 1.29 is 24.4 Å². The number of nitrogens with one attached hydrogen (secondary N) is 1. The molecule has 3 N–H and O–H groups in total. The third kappa shape index (κ3) is 6.68. The molecule has 8 heteroatoms. The van der Waals surface area contributed by atoms with Crippen LogP contribution in [-0.4, -0.2) is 47.4 Å². The number of amides is 1. The van der Waals surface area contributed by atoms with Gasteiger partial charge in [-0.05, 0) is 30.4 Å². The minimum atomic E-state index is -1.10. The van der Waals surface area contributed by atoms with E-state index >= 15 is 0 Å². The molecule has 1 saturated heterocycles. The largest absolute Gasteiger partial charge is 0.481 e. The van der Waals surface area contributed by atoms with Gasteiger partial charge in [-0.3, -0.25) is 9.59 Å². The van der Waals surface area contributed by atoms with Gasteiger partial charge in [-0.15, -0.1) is 11.8 Å². The minimum Gasteiger partial charge on any atom is -0.481 e. The quantitative estimate of drug-likeness (QED) is 0.460. The summed E-state index contributed by atoms with van der Waals surface area (Å²) in [5, 5.41) is 21.3. The SMILES string of the molecule is C=C/C=C(/CC(=O)N[C@H]1CCC(CCC(=O)O)OB1O)SC. The molecule has 0 aromatic heterocycles. The van der Waals surface area contributed by atoms with Crippen molar-refractivity contribution in [2.75, 3.05) is 6.26 Å². The molecule has 1 heterocycles. The fourth-order valence-corrected chi connectivity index (χ4v) is 2.76. The van der Waals surface area contributed by atoms with E-state index in [1.54, 1.807) is 12.2 Å². The predicted molar refractivity (Wildman–Crippen MR) is 87.3 cm³/mol. The number of hydrogen-bond acceptors (Lipinski definition) is 5. The molecule has 122 valence electrons. The molecule has 1 aliphatic rings. The Labute approximate surface area is 135 Å². The molecule has 1 fully saturated rings. The van der Waals surface area contributed by atoms with Crippen LogP contribution in [-0.2, 0) is 14.2 Å². The number of carbonyl (C=O) groups excluding carboxylic acids is 1. The van der Waals surface area contributed by atoms with Crippen molar-refractivity contribution in [1.82, 2.24) is 5.32 Å². The molecule has 1 amide bonds. The Morgan fingerprint density at radius 1 is 1.50 bits per heavy atom. The van der Waals surface area contributed by atoms with Crippen molar-refractivity contribution >= 4 is 30.8 Å². The zero-order valence-electron chi connectivity index (χ0n) is 12.7. The van der Waals surface area contributed by atoms with E-state index in [0.717, 1.165) is 4.91 Å². The van der Waals surface area contributed by atoms with E-state index in [9.17, 15) is 14.6 Å². The zero-order valence-corrected chi connectivity index (χ0v) is 13.5. The molecule has 0 saturated carbocycles. The van der Waals surface area contributed by atoms with Crippen LogP contribution in [0, 0.1) is 0 Å². The average Bonchev–Trinajstić information content (AvgIpc) is 2.47. The summed E-state index contributed by atoms with van der Waals surface area (Å²) in [5.41, 5.74) is 0. The van der Waals surface area contributed by atoms with E-state index in [1.165, 1.54) is 11.8 Å². The van der Waals surface area contributed by atoms with Crippen LogP contribution >= 0.6 is 11.8 Å². The van der Waals surface area contributed by atoms with Gasteiger partial charge in [0, 0.05) is 12.5 Å². The lowest BCUT2D eigenvalue weighted by Gasteiger charge is -2.31. The summed E-state index contributed by atoms with van der Waals surface area (Å²) in [4.78, 5) is 23.4. The lowest BCUT2D eigenvalue weighted by Crippen LogP contribution is -2.52. The summed E-state index contributed by atoms with van der Waals surface area (Å²) in [6.07, 6.45) is 6.81. The van der Waals surface area contributed by atoms with Gasteiger partial charge >= 0.3 is 13.1 Å². The summed E-state index contributed by atoms with van der Waals surface area (Å²) in [7, 11) is -1.10. The van der Waals surface area contributed by atoms with Crippen LogP contribution in [0.1, 0.15) is 32.1 Å². The second kappa shape index (κ2) is 9.71. The molecule has 1 rings (SSSR count). The number of allylic oxidation sites excluding steroid dienone is 2. The second-order valence-corrected chi connectivity index (χ2v) is 6.01. The highest BCUT2D eigenvalue weighted by atomic mass is 32.2. The first-order valence-electron chi connectivity index (χ1n) is 7.16. The van der Waals surface area contributed by atoms with Crippen LogP contribution in [0.4, 0.5) is 0 Å². The van der Waals surface area contributed by atoms with Crippen LogP contribution < -0.4 is 5.32 Å². The molecule has 0 radical (unpaired) electrons. The number of rotatable bonds is 8. The summed E-state index contributed by atoms with van der Waals surface area (Å²) in [6, 6.07) is 0. The van der Waals surface area contributed by atoms with E-state index < -0.39 is 19.0 Å². The summed E-state index contributed by atoms with van der Waals surface area (Å²) >= 11 is 1.48. The first kappa shape index (κ1) is 18.8. The van der Waals surface area contributed by atoms with Gasteiger partial charge in [0.1, 0.15) is 0 Å². The van der Waals surface area contributed by atoms with E-state index in [0.29, 0.717) is 19.3 Å². The summed E-state index contributed by atoms with van der Waals surface area (Å²) in [5.74, 6) is -1.52. The topological polar surface area (TPSA) is 95.9 Å². The monoisotopic (exact) mass is 327 g/mol. The molecule has 6 nitrogen and oxygen atoms in total. The number of hydrogen-bond donors (Lipinski definition) is 3. The zero-order chi connectivity index (χ0) is 16.5. The Balaban J connectivity index is 2.41. The molecular formula is C14H22BNO5S. The van der Waals surface area contributed by atoms with Gasteiger partial charge < -0.3 is 20.1 Å². The standard InChI is InChI=1S/C14H22BNO5S/c1-3-4-11(22-2)9-13(17)16-12-7-5-10(21-15(12)20)6-8-14(18)19/h3-4,10,12,20H,1,5-9H2,2H3,(H,16,17)(H,18,19)/b11-4-/t10?,12-/m0/s1. The molecule has 2 atom stereocenters. The van der Waals surface area contributed by atoms with E-state index in [1.807, 2.05) is 6.26 Å².